The molecule has 0 saturated carbocycles. The van der Waals surface area contributed by atoms with Crippen LogP contribution in [0.1, 0.15) is 10.4 Å². The lowest BCUT2D eigenvalue weighted by Crippen LogP contribution is -2.12. The van der Waals surface area contributed by atoms with Gasteiger partial charge in [-0.15, -0.1) is 11.3 Å². The Morgan fingerprint density at radius 3 is 2.78 bits per heavy atom. The minimum Gasteiger partial charge on any atom is -0.391 e. The summed E-state index contributed by atoms with van der Waals surface area (Å²) < 4.78 is 26.7. The molecule has 2 N–H and O–H groups in total. The average Bonchev–Trinajstić information content (AvgIpc) is 2.72. The highest BCUT2D eigenvalue weighted by molar-refractivity contribution is 7.94. The van der Waals surface area contributed by atoms with Crippen molar-refractivity contribution < 1.29 is 13.5 Å². The number of hydrogen-bond acceptors (Lipinski definition) is 5. The van der Waals surface area contributed by atoms with E-state index in [9.17, 15) is 8.42 Å². The summed E-state index contributed by atoms with van der Waals surface area (Å²) in [4.78, 5) is 4.55. The summed E-state index contributed by atoms with van der Waals surface area (Å²) >= 11 is 1.06. The maximum Gasteiger partial charge on any atom is 0.272 e. The molecule has 0 fully saturated rings. The summed E-state index contributed by atoms with van der Waals surface area (Å²) in [5.74, 6) is 0.272. The SMILES string of the molecule is Cc1cc(S(=O)(=O)Nc2ccccn2)sc1CO. The van der Waals surface area contributed by atoms with Crippen molar-refractivity contribution >= 4 is 27.2 Å². The number of rotatable bonds is 4. The van der Waals surface area contributed by atoms with Crippen LogP contribution in [0.25, 0.3) is 0 Å². The van der Waals surface area contributed by atoms with E-state index in [1.807, 2.05) is 0 Å². The van der Waals surface area contributed by atoms with Gasteiger partial charge in [0, 0.05) is 11.1 Å². The zero-order chi connectivity index (χ0) is 13.2. The molecule has 0 bridgehead atoms. The largest absolute Gasteiger partial charge is 0.391 e. The van der Waals surface area contributed by atoms with Gasteiger partial charge in [0.2, 0.25) is 0 Å². The summed E-state index contributed by atoms with van der Waals surface area (Å²) in [5.41, 5.74) is 0.767. The molecule has 0 saturated heterocycles. The van der Waals surface area contributed by atoms with Gasteiger partial charge < -0.3 is 5.11 Å². The van der Waals surface area contributed by atoms with Crippen LogP contribution >= 0.6 is 11.3 Å². The van der Waals surface area contributed by atoms with E-state index in [1.54, 1.807) is 31.2 Å². The fraction of sp³-hybridized carbons (Fsp3) is 0.182. The number of aryl methyl sites for hydroxylation is 1. The number of pyridine rings is 1. The lowest BCUT2D eigenvalue weighted by Gasteiger charge is -2.04. The molecule has 2 rings (SSSR count). The summed E-state index contributed by atoms with van der Waals surface area (Å²) in [6.07, 6.45) is 1.51. The molecule has 0 amide bonds. The van der Waals surface area contributed by atoms with Gasteiger partial charge in [0.05, 0.1) is 6.61 Å². The normalized spacial score (nSPS) is 11.4. The number of sulfonamides is 1. The van der Waals surface area contributed by atoms with E-state index < -0.39 is 10.0 Å². The van der Waals surface area contributed by atoms with Crippen molar-refractivity contribution in [1.82, 2.24) is 4.98 Å². The Morgan fingerprint density at radius 2 is 2.22 bits per heavy atom. The summed E-state index contributed by atoms with van der Waals surface area (Å²) in [7, 11) is -3.63. The molecule has 18 heavy (non-hydrogen) atoms. The van der Waals surface area contributed by atoms with E-state index in [0.29, 0.717) is 4.88 Å². The number of aromatic nitrogens is 1. The molecule has 0 radical (unpaired) electrons. The Kier molecular flexibility index (Phi) is 3.65. The van der Waals surface area contributed by atoms with Crippen LogP contribution in [0.3, 0.4) is 0 Å². The van der Waals surface area contributed by atoms with Crippen molar-refractivity contribution in [3.05, 3.63) is 40.9 Å². The number of anilines is 1. The predicted molar refractivity (Wildman–Crippen MR) is 70.0 cm³/mol. The third kappa shape index (κ3) is 2.69. The van der Waals surface area contributed by atoms with E-state index >= 15 is 0 Å². The van der Waals surface area contributed by atoms with Gasteiger partial charge in [-0.25, -0.2) is 13.4 Å². The van der Waals surface area contributed by atoms with Crippen LogP contribution < -0.4 is 4.72 Å². The van der Waals surface area contributed by atoms with Crippen LogP contribution in [-0.2, 0) is 16.6 Å². The fourth-order valence-electron chi connectivity index (χ4n) is 1.39. The average molecular weight is 284 g/mol. The fourth-order valence-corrected chi connectivity index (χ4v) is 3.85. The number of nitrogens with zero attached hydrogens (tertiary/aromatic N) is 1. The van der Waals surface area contributed by atoms with Crippen molar-refractivity contribution in [2.75, 3.05) is 4.72 Å². The van der Waals surface area contributed by atoms with Crippen LogP contribution in [0.5, 0.6) is 0 Å². The Bertz CT molecular complexity index is 636. The molecule has 0 aliphatic carbocycles. The van der Waals surface area contributed by atoms with Crippen LogP contribution in [0, 0.1) is 6.92 Å². The second-order valence-corrected chi connectivity index (χ2v) is 6.70. The monoisotopic (exact) mass is 284 g/mol. The molecule has 2 heterocycles. The highest BCUT2D eigenvalue weighted by Gasteiger charge is 2.19. The Hall–Kier alpha value is -1.44. The van der Waals surface area contributed by atoms with E-state index in [-0.39, 0.29) is 16.6 Å². The molecule has 2 aromatic heterocycles. The third-order valence-corrected chi connectivity index (χ3v) is 5.36. The van der Waals surface area contributed by atoms with Crippen molar-refractivity contribution in [3.63, 3.8) is 0 Å². The molecule has 0 aliphatic rings. The first-order chi connectivity index (χ1) is 8.53. The van der Waals surface area contributed by atoms with Gasteiger partial charge in [-0.2, -0.15) is 0 Å². The van der Waals surface area contributed by atoms with Gasteiger partial charge in [-0.1, -0.05) is 6.07 Å². The van der Waals surface area contributed by atoms with Gasteiger partial charge in [0.1, 0.15) is 10.0 Å². The maximum absolute atomic E-state index is 12.1. The van der Waals surface area contributed by atoms with Crippen molar-refractivity contribution in [3.8, 4) is 0 Å². The highest BCUT2D eigenvalue weighted by atomic mass is 32.2. The minimum atomic E-state index is -3.63. The van der Waals surface area contributed by atoms with E-state index in [2.05, 4.69) is 9.71 Å². The molecule has 5 nitrogen and oxygen atoms in total. The molecule has 0 unspecified atom stereocenters. The molecule has 2 aromatic rings. The quantitative estimate of drug-likeness (QED) is 0.896. The lowest BCUT2D eigenvalue weighted by molar-refractivity contribution is 0.285. The van der Waals surface area contributed by atoms with E-state index in [1.165, 1.54) is 6.20 Å². The molecule has 0 atom stereocenters. The first kappa shape index (κ1) is 13.0. The Labute approximate surface area is 109 Å². The summed E-state index contributed by atoms with van der Waals surface area (Å²) in [5, 5.41) is 9.07. The first-order valence-electron chi connectivity index (χ1n) is 5.17. The molecular weight excluding hydrogens is 272 g/mol. The standard InChI is InChI=1S/C11H12N2O3S2/c1-8-6-11(17-9(8)7-14)18(15,16)13-10-4-2-3-5-12-10/h2-6,14H,7H2,1H3,(H,12,13). The number of nitrogens with one attached hydrogen (secondary N) is 1. The number of aliphatic hydroxyl groups is 1. The number of aliphatic hydroxyl groups excluding tert-OH is 1. The van der Waals surface area contributed by atoms with Crippen LogP contribution in [-0.4, -0.2) is 18.5 Å². The van der Waals surface area contributed by atoms with Crippen LogP contribution in [0.2, 0.25) is 0 Å². The van der Waals surface area contributed by atoms with Gasteiger partial charge in [0.25, 0.3) is 10.0 Å². The van der Waals surface area contributed by atoms with Gasteiger partial charge >= 0.3 is 0 Å². The third-order valence-electron chi connectivity index (χ3n) is 2.31. The highest BCUT2D eigenvalue weighted by Crippen LogP contribution is 2.27. The Morgan fingerprint density at radius 1 is 1.44 bits per heavy atom. The van der Waals surface area contributed by atoms with Gasteiger partial charge in [0.15, 0.2) is 0 Å². The van der Waals surface area contributed by atoms with E-state index in [0.717, 1.165) is 16.9 Å². The maximum atomic E-state index is 12.1. The zero-order valence-corrected chi connectivity index (χ0v) is 11.3. The minimum absolute atomic E-state index is 0.157. The molecule has 96 valence electrons. The second-order valence-electron chi connectivity index (χ2n) is 3.65. The van der Waals surface area contributed by atoms with Crippen molar-refractivity contribution in [1.29, 1.82) is 0 Å². The molecule has 0 spiro atoms. The molecule has 0 aliphatic heterocycles. The Balaban J connectivity index is 2.31. The lowest BCUT2D eigenvalue weighted by atomic mass is 10.3. The van der Waals surface area contributed by atoms with E-state index in [4.69, 9.17) is 5.11 Å². The van der Waals surface area contributed by atoms with Crippen molar-refractivity contribution in [2.24, 2.45) is 0 Å². The molecule has 7 heteroatoms. The second kappa shape index (κ2) is 5.05. The number of thiophene rings is 1. The number of hydrogen-bond donors (Lipinski definition) is 2. The summed E-state index contributed by atoms with van der Waals surface area (Å²) in [6, 6.07) is 6.52. The van der Waals surface area contributed by atoms with Gasteiger partial charge in [-0.05, 0) is 30.7 Å². The smallest absolute Gasteiger partial charge is 0.272 e. The first-order valence-corrected chi connectivity index (χ1v) is 7.47. The zero-order valence-electron chi connectivity index (χ0n) is 9.62. The molecular formula is C11H12N2O3S2. The van der Waals surface area contributed by atoms with Crippen LogP contribution in [0.4, 0.5) is 5.82 Å². The van der Waals surface area contributed by atoms with Gasteiger partial charge in [-0.3, -0.25) is 4.72 Å². The summed E-state index contributed by atoms with van der Waals surface area (Å²) in [6.45, 7) is 1.61. The predicted octanol–water partition coefficient (Wildman–Crippen LogP) is 1.74. The van der Waals surface area contributed by atoms with Crippen molar-refractivity contribution in [2.45, 2.75) is 17.7 Å². The topological polar surface area (TPSA) is 79.3 Å². The van der Waals surface area contributed by atoms with Crippen LogP contribution in [0.15, 0.2) is 34.7 Å². The molecule has 0 aromatic carbocycles.